The zero-order chi connectivity index (χ0) is 17.9. The Bertz CT molecular complexity index is 867. The molecule has 1 N–H and O–H groups in total. The summed E-state index contributed by atoms with van der Waals surface area (Å²) in [5, 5.41) is 14.5. The van der Waals surface area contributed by atoms with Crippen LogP contribution in [0.25, 0.3) is 11.4 Å². The van der Waals surface area contributed by atoms with E-state index in [1.54, 1.807) is 18.6 Å². The molecular weight excluding hydrogens is 330 g/mol. The van der Waals surface area contributed by atoms with Crippen LogP contribution in [0, 0.1) is 12.8 Å². The molecule has 4 rings (SSSR count). The molecule has 7 heteroatoms. The number of rotatable bonds is 5. The molecule has 0 unspecified atom stereocenters. The van der Waals surface area contributed by atoms with Crippen molar-refractivity contribution in [2.24, 2.45) is 5.92 Å². The molecule has 134 valence electrons. The van der Waals surface area contributed by atoms with Crippen molar-refractivity contribution in [3.8, 4) is 11.4 Å². The third kappa shape index (κ3) is 3.63. The summed E-state index contributed by atoms with van der Waals surface area (Å²) in [6.07, 6.45) is 5.41. The molecule has 1 fully saturated rings. The second-order valence-corrected chi connectivity index (χ2v) is 6.75. The summed E-state index contributed by atoms with van der Waals surface area (Å²) in [5.74, 6) is 1.30. The summed E-state index contributed by atoms with van der Waals surface area (Å²) >= 11 is 0. The first-order valence-electron chi connectivity index (χ1n) is 8.73. The normalized spacial score (nSPS) is 20.5. The molecule has 0 aliphatic carbocycles. The molecule has 0 amide bonds. The van der Waals surface area contributed by atoms with Crippen molar-refractivity contribution >= 4 is 0 Å². The largest absolute Gasteiger partial charge is 0.391 e. The maximum absolute atomic E-state index is 10.4. The Morgan fingerprint density at radius 2 is 2.12 bits per heavy atom. The molecule has 0 bridgehead atoms. The number of aryl methyl sites for hydroxylation is 1. The van der Waals surface area contributed by atoms with Crippen LogP contribution in [0.15, 0.2) is 47.4 Å². The van der Waals surface area contributed by atoms with E-state index in [0.29, 0.717) is 31.2 Å². The van der Waals surface area contributed by atoms with Crippen molar-refractivity contribution in [1.29, 1.82) is 0 Å². The van der Waals surface area contributed by atoms with Crippen molar-refractivity contribution in [2.75, 3.05) is 13.1 Å². The molecule has 7 nitrogen and oxygen atoms in total. The lowest BCUT2D eigenvalue weighted by Gasteiger charge is -2.13. The lowest BCUT2D eigenvalue weighted by atomic mass is 10.0. The summed E-state index contributed by atoms with van der Waals surface area (Å²) in [4.78, 5) is 15.0. The minimum absolute atomic E-state index is 0.130. The van der Waals surface area contributed by atoms with Gasteiger partial charge in [-0.2, -0.15) is 4.98 Å². The van der Waals surface area contributed by atoms with Gasteiger partial charge in [-0.25, -0.2) is 0 Å². The van der Waals surface area contributed by atoms with Crippen LogP contribution in [-0.2, 0) is 13.0 Å². The predicted molar refractivity (Wildman–Crippen MR) is 95.0 cm³/mol. The van der Waals surface area contributed by atoms with Crippen LogP contribution in [0.3, 0.4) is 0 Å². The van der Waals surface area contributed by atoms with Crippen LogP contribution >= 0.6 is 0 Å². The number of likely N-dealkylation sites (tertiary alicyclic amines) is 1. The summed E-state index contributed by atoms with van der Waals surface area (Å²) in [6.45, 7) is 3.92. The topological polar surface area (TPSA) is 88.2 Å². The van der Waals surface area contributed by atoms with Crippen LogP contribution < -0.4 is 0 Å². The highest BCUT2D eigenvalue weighted by Crippen LogP contribution is 2.24. The van der Waals surface area contributed by atoms with E-state index in [2.05, 4.69) is 25.0 Å². The van der Waals surface area contributed by atoms with E-state index in [-0.39, 0.29) is 5.92 Å². The number of aromatic nitrogens is 4. The Morgan fingerprint density at radius 3 is 2.92 bits per heavy atom. The molecule has 1 aliphatic heterocycles. The second kappa shape index (κ2) is 7.31. The zero-order valence-electron chi connectivity index (χ0n) is 14.6. The highest BCUT2D eigenvalue weighted by molar-refractivity contribution is 5.58. The number of hydrogen-bond donors (Lipinski definition) is 1. The molecule has 26 heavy (non-hydrogen) atoms. The Hall–Kier alpha value is -2.64. The molecule has 2 atom stereocenters. The van der Waals surface area contributed by atoms with Gasteiger partial charge < -0.3 is 9.63 Å². The summed E-state index contributed by atoms with van der Waals surface area (Å²) in [5.41, 5.74) is 2.99. The lowest BCUT2D eigenvalue weighted by Crippen LogP contribution is -2.21. The smallest absolute Gasteiger partial charge is 0.241 e. The SMILES string of the molecule is Cc1ccccc1-c1noc(CN2C[C@@H](Cc3cnccn3)[C@H](O)C2)n1. The standard InChI is InChI=1S/C19H21N5O2/c1-13-4-2-3-5-16(13)19-22-18(26-23-19)12-24-10-14(17(25)11-24)8-15-9-20-6-7-21-15/h2-7,9,14,17,25H,8,10-12H2,1H3/t14-,17-/m1/s1. The van der Waals surface area contributed by atoms with Gasteiger partial charge in [0.25, 0.3) is 0 Å². The van der Waals surface area contributed by atoms with Crippen molar-refractivity contribution < 1.29 is 9.63 Å². The average molecular weight is 351 g/mol. The first kappa shape index (κ1) is 16.8. The fraction of sp³-hybridized carbons (Fsp3) is 0.368. The van der Waals surface area contributed by atoms with E-state index >= 15 is 0 Å². The van der Waals surface area contributed by atoms with Gasteiger partial charge in [-0.1, -0.05) is 29.4 Å². The molecule has 1 saturated heterocycles. The van der Waals surface area contributed by atoms with Gasteiger partial charge in [0.2, 0.25) is 11.7 Å². The summed E-state index contributed by atoms with van der Waals surface area (Å²) < 4.78 is 5.42. The van der Waals surface area contributed by atoms with E-state index < -0.39 is 6.10 Å². The fourth-order valence-electron chi connectivity index (χ4n) is 3.42. The van der Waals surface area contributed by atoms with Gasteiger partial charge in [-0.05, 0) is 18.9 Å². The monoisotopic (exact) mass is 351 g/mol. The van der Waals surface area contributed by atoms with E-state index in [9.17, 15) is 5.11 Å². The minimum Gasteiger partial charge on any atom is -0.391 e. The van der Waals surface area contributed by atoms with Crippen LogP contribution in [0.1, 0.15) is 17.1 Å². The van der Waals surface area contributed by atoms with Crippen molar-refractivity contribution in [2.45, 2.75) is 26.0 Å². The number of aliphatic hydroxyl groups is 1. The van der Waals surface area contributed by atoms with E-state index in [1.165, 1.54) is 0 Å². The van der Waals surface area contributed by atoms with E-state index in [0.717, 1.165) is 23.4 Å². The van der Waals surface area contributed by atoms with Gasteiger partial charge in [0.05, 0.1) is 18.3 Å². The lowest BCUT2D eigenvalue weighted by molar-refractivity contribution is 0.139. The van der Waals surface area contributed by atoms with Crippen LogP contribution in [0.4, 0.5) is 0 Å². The third-order valence-electron chi connectivity index (χ3n) is 4.78. The molecule has 3 heterocycles. The van der Waals surface area contributed by atoms with Gasteiger partial charge in [0.15, 0.2) is 0 Å². The Morgan fingerprint density at radius 1 is 1.23 bits per heavy atom. The highest BCUT2D eigenvalue weighted by atomic mass is 16.5. The van der Waals surface area contributed by atoms with Gasteiger partial charge in [0, 0.05) is 43.2 Å². The van der Waals surface area contributed by atoms with E-state index in [1.807, 2.05) is 31.2 Å². The molecular formula is C19H21N5O2. The van der Waals surface area contributed by atoms with Gasteiger partial charge in [-0.15, -0.1) is 0 Å². The maximum Gasteiger partial charge on any atom is 0.241 e. The molecule has 0 radical (unpaired) electrons. The van der Waals surface area contributed by atoms with Crippen LogP contribution in [-0.4, -0.2) is 49.3 Å². The Labute approximate surface area is 151 Å². The number of hydrogen-bond acceptors (Lipinski definition) is 7. The van der Waals surface area contributed by atoms with Crippen molar-refractivity contribution in [3.05, 3.63) is 60.0 Å². The second-order valence-electron chi connectivity index (χ2n) is 6.75. The third-order valence-corrected chi connectivity index (χ3v) is 4.78. The maximum atomic E-state index is 10.4. The quantitative estimate of drug-likeness (QED) is 0.751. The number of aliphatic hydroxyl groups excluding tert-OH is 1. The summed E-state index contributed by atoms with van der Waals surface area (Å²) in [6, 6.07) is 7.97. The van der Waals surface area contributed by atoms with Crippen LogP contribution in [0.5, 0.6) is 0 Å². The number of benzene rings is 1. The zero-order valence-corrected chi connectivity index (χ0v) is 14.6. The van der Waals surface area contributed by atoms with E-state index in [4.69, 9.17) is 4.52 Å². The molecule has 0 spiro atoms. The number of β-amino-alcohol motifs (C(OH)–C–C–N with tert-alkyl or cyclic N) is 1. The minimum atomic E-state index is -0.393. The van der Waals surface area contributed by atoms with Gasteiger partial charge in [-0.3, -0.25) is 14.9 Å². The van der Waals surface area contributed by atoms with Crippen LogP contribution in [0.2, 0.25) is 0 Å². The first-order valence-corrected chi connectivity index (χ1v) is 8.73. The molecule has 2 aromatic heterocycles. The Balaban J connectivity index is 1.40. The first-order chi connectivity index (χ1) is 12.7. The molecule has 1 aromatic carbocycles. The predicted octanol–water partition coefficient (Wildman–Crippen LogP) is 1.87. The Kier molecular flexibility index (Phi) is 4.73. The molecule has 1 aliphatic rings. The van der Waals surface area contributed by atoms with Crippen molar-refractivity contribution in [3.63, 3.8) is 0 Å². The van der Waals surface area contributed by atoms with Crippen molar-refractivity contribution in [1.82, 2.24) is 25.0 Å². The van der Waals surface area contributed by atoms with Gasteiger partial charge >= 0.3 is 0 Å². The molecule has 3 aromatic rings. The molecule has 0 saturated carbocycles. The average Bonchev–Trinajstić information content (AvgIpc) is 3.23. The van der Waals surface area contributed by atoms with Gasteiger partial charge in [0.1, 0.15) is 0 Å². The summed E-state index contributed by atoms with van der Waals surface area (Å²) in [7, 11) is 0. The fourth-order valence-corrected chi connectivity index (χ4v) is 3.42. The number of nitrogens with zero attached hydrogens (tertiary/aromatic N) is 5. The highest BCUT2D eigenvalue weighted by Gasteiger charge is 2.32.